The molecule has 0 radical (unpaired) electrons. The van der Waals surface area contributed by atoms with Crippen LogP contribution in [0.2, 0.25) is 0 Å². The van der Waals surface area contributed by atoms with Crippen LogP contribution in [0.25, 0.3) is 0 Å². The van der Waals surface area contributed by atoms with Gasteiger partial charge in [-0.05, 0) is 56.1 Å². The zero-order valence-corrected chi connectivity index (χ0v) is 13.1. The van der Waals surface area contributed by atoms with Crippen molar-refractivity contribution in [2.45, 2.75) is 0 Å². The maximum absolute atomic E-state index is 7.50. The molecule has 0 saturated carbocycles. The molecule has 0 spiro atoms. The number of nitrogens with zero attached hydrogens (tertiary/aromatic N) is 2. The Bertz CT molecular complexity index is 593. The lowest BCUT2D eigenvalue weighted by Crippen LogP contribution is -2.29. The van der Waals surface area contributed by atoms with E-state index in [-0.39, 0.29) is 5.96 Å². The molecule has 20 heavy (non-hydrogen) atoms. The quantitative estimate of drug-likeness (QED) is 0.416. The van der Waals surface area contributed by atoms with Gasteiger partial charge in [-0.15, -0.1) is 0 Å². The summed E-state index contributed by atoms with van der Waals surface area (Å²) in [6.07, 6.45) is 2.88. The molecular weight excluding hydrogens is 394 g/mol. The van der Waals surface area contributed by atoms with Crippen LogP contribution in [-0.4, -0.2) is 18.4 Å². The Morgan fingerprint density at radius 1 is 0.950 bits per heavy atom. The van der Waals surface area contributed by atoms with Gasteiger partial charge in [0.2, 0.25) is 5.96 Å². The van der Waals surface area contributed by atoms with Crippen molar-refractivity contribution in [1.29, 1.82) is 5.41 Å². The minimum atomic E-state index is -0.0891. The van der Waals surface area contributed by atoms with Gasteiger partial charge in [0.25, 0.3) is 0 Å². The summed E-state index contributed by atoms with van der Waals surface area (Å²) in [4.78, 5) is 0. The minimum absolute atomic E-state index is 0.0891. The summed E-state index contributed by atoms with van der Waals surface area (Å²) in [5, 5.41) is 15.1. The molecule has 104 valence electrons. The Hall–Kier alpha value is -1.87. The Morgan fingerprint density at radius 2 is 1.40 bits per heavy atom. The summed E-state index contributed by atoms with van der Waals surface area (Å²) in [6, 6.07) is 6.96. The van der Waals surface area contributed by atoms with Gasteiger partial charge in [-0.2, -0.15) is 10.2 Å². The first kappa shape index (κ1) is 14.5. The third-order valence-electron chi connectivity index (χ3n) is 1.92. The Kier molecular flexibility index (Phi) is 5.13. The van der Waals surface area contributed by atoms with E-state index in [1.807, 2.05) is 0 Å². The molecule has 0 bridgehead atoms. The number of hydrogen-bond acceptors (Lipinski definition) is 5. The molecule has 2 aromatic rings. The largest absolute Gasteiger partial charge is 0.448 e. The molecule has 2 aromatic heterocycles. The van der Waals surface area contributed by atoms with Gasteiger partial charge in [0.1, 0.15) is 11.5 Å². The standard InChI is InChI=1S/C11H9Br2N5O2/c12-9-3-1-7(19-9)5-15-17-11(14)18-16-6-8-2-4-10(13)20-8/h1-6H,(H3,14,17,18)/b15-5+,16-6+. The average Bonchev–Trinajstić information content (AvgIpc) is 2.99. The Balaban J connectivity index is 1.75. The van der Waals surface area contributed by atoms with Gasteiger partial charge < -0.3 is 8.83 Å². The highest BCUT2D eigenvalue weighted by Gasteiger charge is 1.96. The fourth-order valence-electron chi connectivity index (χ4n) is 1.14. The van der Waals surface area contributed by atoms with E-state index in [0.717, 1.165) is 0 Å². The first-order chi connectivity index (χ1) is 9.63. The molecule has 0 fully saturated rings. The highest BCUT2D eigenvalue weighted by Crippen LogP contribution is 2.12. The van der Waals surface area contributed by atoms with Crippen molar-refractivity contribution in [2.24, 2.45) is 10.2 Å². The molecule has 9 heteroatoms. The minimum Gasteiger partial charge on any atom is -0.448 e. The maximum atomic E-state index is 7.50. The molecule has 3 N–H and O–H groups in total. The van der Waals surface area contributed by atoms with Gasteiger partial charge in [-0.1, -0.05) is 0 Å². The van der Waals surface area contributed by atoms with E-state index in [1.165, 1.54) is 12.4 Å². The maximum Gasteiger partial charge on any atom is 0.230 e. The summed E-state index contributed by atoms with van der Waals surface area (Å²) in [6.45, 7) is 0. The van der Waals surface area contributed by atoms with E-state index < -0.39 is 0 Å². The highest BCUT2D eigenvalue weighted by atomic mass is 79.9. The van der Waals surface area contributed by atoms with E-state index in [9.17, 15) is 0 Å². The van der Waals surface area contributed by atoms with Crippen LogP contribution in [0.3, 0.4) is 0 Å². The third kappa shape index (κ3) is 4.67. The van der Waals surface area contributed by atoms with Gasteiger partial charge in [0.15, 0.2) is 9.34 Å². The second-order valence-corrected chi connectivity index (χ2v) is 4.96. The first-order valence-electron chi connectivity index (χ1n) is 5.31. The average molecular weight is 403 g/mol. The van der Waals surface area contributed by atoms with Gasteiger partial charge in [0, 0.05) is 0 Å². The van der Waals surface area contributed by atoms with E-state index >= 15 is 0 Å². The van der Waals surface area contributed by atoms with Crippen LogP contribution in [0.1, 0.15) is 11.5 Å². The number of guanidine groups is 1. The first-order valence-corrected chi connectivity index (χ1v) is 6.89. The molecule has 2 rings (SSSR count). The summed E-state index contributed by atoms with van der Waals surface area (Å²) < 4.78 is 11.6. The van der Waals surface area contributed by atoms with Crippen molar-refractivity contribution in [3.63, 3.8) is 0 Å². The van der Waals surface area contributed by atoms with Gasteiger partial charge in [-0.25, -0.2) is 10.9 Å². The summed E-state index contributed by atoms with van der Waals surface area (Å²) in [7, 11) is 0. The molecule has 7 nitrogen and oxygen atoms in total. The molecule has 0 saturated heterocycles. The lowest BCUT2D eigenvalue weighted by atomic mass is 10.5. The van der Waals surface area contributed by atoms with Crippen LogP contribution in [0.5, 0.6) is 0 Å². The van der Waals surface area contributed by atoms with Crippen LogP contribution < -0.4 is 10.9 Å². The second kappa shape index (κ2) is 7.06. The Labute approximate surface area is 130 Å². The van der Waals surface area contributed by atoms with E-state index in [1.54, 1.807) is 24.3 Å². The van der Waals surface area contributed by atoms with Crippen molar-refractivity contribution in [3.8, 4) is 0 Å². The number of nitrogens with one attached hydrogen (secondary N) is 3. The number of rotatable bonds is 4. The lowest BCUT2D eigenvalue weighted by Gasteiger charge is -1.99. The third-order valence-corrected chi connectivity index (χ3v) is 2.78. The highest BCUT2D eigenvalue weighted by molar-refractivity contribution is 9.10. The van der Waals surface area contributed by atoms with Crippen LogP contribution in [0.15, 0.2) is 52.6 Å². The van der Waals surface area contributed by atoms with Crippen molar-refractivity contribution in [2.75, 3.05) is 0 Å². The molecule has 0 unspecified atom stereocenters. The fraction of sp³-hybridized carbons (Fsp3) is 0. The number of furan rings is 2. The number of halogens is 2. The van der Waals surface area contributed by atoms with Crippen LogP contribution in [-0.2, 0) is 0 Å². The zero-order chi connectivity index (χ0) is 14.4. The van der Waals surface area contributed by atoms with E-state index in [4.69, 9.17) is 14.2 Å². The fourth-order valence-corrected chi connectivity index (χ4v) is 1.78. The predicted octanol–water partition coefficient (Wildman–Crippen LogP) is 2.88. The molecule has 2 heterocycles. The number of hydrogen-bond donors (Lipinski definition) is 3. The van der Waals surface area contributed by atoms with E-state index in [0.29, 0.717) is 20.9 Å². The van der Waals surface area contributed by atoms with Crippen molar-refractivity contribution in [3.05, 3.63) is 45.1 Å². The lowest BCUT2D eigenvalue weighted by molar-refractivity contribution is 0.534. The zero-order valence-electron chi connectivity index (χ0n) is 9.93. The molecule has 0 aliphatic carbocycles. The molecule has 0 amide bonds. The van der Waals surface area contributed by atoms with Crippen molar-refractivity contribution >= 4 is 50.2 Å². The SMILES string of the molecule is N=C(N/N=C/c1ccc(Br)o1)N/N=C/c1ccc(Br)o1. The topological polar surface area (TPSA) is 98.9 Å². The van der Waals surface area contributed by atoms with E-state index in [2.05, 4.69) is 52.9 Å². The molecule has 0 atom stereocenters. The van der Waals surface area contributed by atoms with Gasteiger partial charge in [0.05, 0.1) is 12.4 Å². The van der Waals surface area contributed by atoms with Crippen molar-refractivity contribution < 1.29 is 8.83 Å². The molecule has 0 aliphatic heterocycles. The normalized spacial score (nSPS) is 11.3. The summed E-state index contributed by atoms with van der Waals surface area (Å²) in [5.74, 6) is 1.02. The van der Waals surface area contributed by atoms with Crippen LogP contribution in [0, 0.1) is 5.41 Å². The smallest absolute Gasteiger partial charge is 0.230 e. The van der Waals surface area contributed by atoms with Gasteiger partial charge in [-0.3, -0.25) is 5.41 Å². The van der Waals surface area contributed by atoms with Gasteiger partial charge >= 0.3 is 0 Å². The monoisotopic (exact) mass is 401 g/mol. The van der Waals surface area contributed by atoms with Crippen LogP contribution >= 0.6 is 31.9 Å². The molecule has 0 aliphatic rings. The number of hydrazone groups is 2. The summed E-state index contributed by atoms with van der Waals surface area (Å²) in [5.41, 5.74) is 4.89. The molecule has 0 aromatic carbocycles. The Morgan fingerprint density at radius 3 is 1.75 bits per heavy atom. The molecular formula is C11H9Br2N5O2. The van der Waals surface area contributed by atoms with Crippen LogP contribution in [0.4, 0.5) is 0 Å². The summed E-state index contributed by atoms with van der Waals surface area (Å²) >= 11 is 6.35. The second-order valence-electron chi connectivity index (χ2n) is 3.40. The predicted molar refractivity (Wildman–Crippen MR) is 82.0 cm³/mol. The van der Waals surface area contributed by atoms with Crippen molar-refractivity contribution in [1.82, 2.24) is 10.9 Å².